The Morgan fingerprint density at radius 1 is 1.20 bits per heavy atom. The van der Waals surface area contributed by atoms with Crippen LogP contribution in [-0.4, -0.2) is 27.6 Å². The summed E-state index contributed by atoms with van der Waals surface area (Å²) in [6, 6.07) is 7.82. The van der Waals surface area contributed by atoms with Crippen molar-refractivity contribution in [2.24, 2.45) is 5.92 Å². The van der Waals surface area contributed by atoms with Gasteiger partial charge in [0.15, 0.2) is 0 Å². The van der Waals surface area contributed by atoms with E-state index >= 15 is 0 Å². The lowest BCUT2D eigenvalue weighted by molar-refractivity contribution is 0.0942. The third-order valence-electron chi connectivity index (χ3n) is 5.53. The fourth-order valence-corrected chi connectivity index (χ4v) is 3.88. The van der Waals surface area contributed by atoms with Crippen molar-refractivity contribution in [1.29, 1.82) is 0 Å². The van der Waals surface area contributed by atoms with Gasteiger partial charge in [-0.25, -0.2) is 4.39 Å². The highest BCUT2D eigenvalue weighted by atomic mass is 35.5. The summed E-state index contributed by atoms with van der Waals surface area (Å²) in [5, 5.41) is 11.3. The SMILES string of the molecule is Cc1ccc(-c2nnc(C3CCC(CNC(=O)c4ccc(F)c(Cl)c4)CC3)o2)cn1. The molecule has 156 valence electrons. The normalized spacial score (nSPS) is 18.9. The van der Waals surface area contributed by atoms with Crippen LogP contribution in [0.4, 0.5) is 4.39 Å². The number of hydrogen-bond acceptors (Lipinski definition) is 5. The van der Waals surface area contributed by atoms with E-state index in [2.05, 4.69) is 20.5 Å². The van der Waals surface area contributed by atoms with Gasteiger partial charge in [-0.3, -0.25) is 9.78 Å². The zero-order chi connectivity index (χ0) is 21.1. The van der Waals surface area contributed by atoms with Crippen molar-refractivity contribution in [2.75, 3.05) is 6.54 Å². The zero-order valence-electron chi connectivity index (χ0n) is 16.6. The minimum absolute atomic E-state index is 0.0523. The minimum Gasteiger partial charge on any atom is -0.420 e. The number of nitrogens with one attached hydrogen (secondary N) is 1. The summed E-state index contributed by atoms with van der Waals surface area (Å²) in [7, 11) is 0. The third-order valence-corrected chi connectivity index (χ3v) is 5.82. The predicted molar refractivity (Wildman–Crippen MR) is 111 cm³/mol. The van der Waals surface area contributed by atoms with Crippen molar-refractivity contribution >= 4 is 17.5 Å². The van der Waals surface area contributed by atoms with Gasteiger partial charge in [-0.2, -0.15) is 0 Å². The number of nitrogens with zero attached hydrogens (tertiary/aromatic N) is 3. The van der Waals surface area contributed by atoms with Crippen molar-refractivity contribution in [3.8, 4) is 11.5 Å². The lowest BCUT2D eigenvalue weighted by atomic mass is 9.82. The van der Waals surface area contributed by atoms with E-state index in [9.17, 15) is 9.18 Å². The first-order chi connectivity index (χ1) is 14.5. The standard InChI is InChI=1S/C22H22ClFN4O2/c1-13-2-5-17(12-25-13)22-28-27-21(30-22)15-6-3-14(4-7-15)11-26-20(29)16-8-9-19(24)18(23)10-16/h2,5,8-10,12,14-15H,3-4,6-7,11H2,1H3,(H,26,29). The minimum atomic E-state index is -0.533. The van der Waals surface area contributed by atoms with Crippen LogP contribution in [0.2, 0.25) is 5.02 Å². The van der Waals surface area contributed by atoms with Crippen molar-refractivity contribution < 1.29 is 13.6 Å². The number of halogens is 2. The number of pyridine rings is 1. The molecule has 1 amide bonds. The fraction of sp³-hybridized carbons (Fsp3) is 0.364. The molecule has 4 rings (SSSR count). The maximum Gasteiger partial charge on any atom is 0.251 e. The number of carbonyl (C=O) groups excluding carboxylic acids is 1. The molecule has 8 heteroatoms. The molecule has 0 atom stereocenters. The highest BCUT2D eigenvalue weighted by Gasteiger charge is 2.27. The van der Waals surface area contributed by atoms with Gasteiger partial charge in [-0.05, 0) is 68.9 Å². The van der Waals surface area contributed by atoms with Crippen LogP contribution in [0, 0.1) is 18.7 Å². The molecule has 0 bridgehead atoms. The molecule has 30 heavy (non-hydrogen) atoms. The van der Waals surface area contributed by atoms with Crippen LogP contribution in [0.15, 0.2) is 40.9 Å². The van der Waals surface area contributed by atoms with Gasteiger partial charge in [0.2, 0.25) is 11.8 Å². The quantitative estimate of drug-likeness (QED) is 0.622. The second-order valence-corrected chi connectivity index (χ2v) is 8.10. The maximum absolute atomic E-state index is 13.2. The van der Waals surface area contributed by atoms with Gasteiger partial charge in [0.1, 0.15) is 5.82 Å². The Morgan fingerprint density at radius 3 is 2.70 bits per heavy atom. The number of rotatable bonds is 5. The van der Waals surface area contributed by atoms with Crippen molar-refractivity contribution in [3.05, 3.63) is 64.5 Å². The Hall–Kier alpha value is -2.80. The van der Waals surface area contributed by atoms with E-state index < -0.39 is 5.82 Å². The van der Waals surface area contributed by atoms with E-state index in [1.165, 1.54) is 18.2 Å². The summed E-state index contributed by atoms with van der Waals surface area (Å²) < 4.78 is 19.1. The van der Waals surface area contributed by atoms with Crippen LogP contribution in [0.3, 0.4) is 0 Å². The number of carbonyl (C=O) groups is 1. The van der Waals surface area contributed by atoms with Gasteiger partial charge in [0.25, 0.3) is 5.91 Å². The van der Waals surface area contributed by atoms with Crippen LogP contribution in [-0.2, 0) is 0 Å². The van der Waals surface area contributed by atoms with E-state index in [1.807, 2.05) is 19.1 Å². The van der Waals surface area contributed by atoms with Crippen LogP contribution >= 0.6 is 11.6 Å². The molecule has 1 aliphatic carbocycles. The van der Waals surface area contributed by atoms with Crippen LogP contribution in [0.1, 0.15) is 53.5 Å². The molecule has 3 aromatic rings. The second kappa shape index (κ2) is 8.92. The topological polar surface area (TPSA) is 80.9 Å². The average molecular weight is 429 g/mol. The van der Waals surface area contributed by atoms with Crippen molar-refractivity contribution in [1.82, 2.24) is 20.5 Å². The highest BCUT2D eigenvalue weighted by Crippen LogP contribution is 2.35. The molecule has 0 aliphatic heterocycles. The van der Waals surface area contributed by atoms with E-state index in [0.29, 0.717) is 29.8 Å². The first kappa shape index (κ1) is 20.5. The Bertz CT molecular complexity index is 1030. The summed E-state index contributed by atoms with van der Waals surface area (Å²) in [6.07, 6.45) is 5.51. The van der Waals surface area contributed by atoms with Crippen LogP contribution in [0.5, 0.6) is 0 Å². The van der Waals surface area contributed by atoms with Gasteiger partial charge in [-0.15, -0.1) is 10.2 Å². The summed E-state index contributed by atoms with van der Waals surface area (Å²) in [4.78, 5) is 16.5. The van der Waals surface area contributed by atoms with E-state index in [4.69, 9.17) is 16.0 Å². The lowest BCUT2D eigenvalue weighted by Gasteiger charge is -2.26. The fourth-order valence-electron chi connectivity index (χ4n) is 3.70. The van der Waals surface area contributed by atoms with E-state index in [0.717, 1.165) is 36.9 Å². The van der Waals surface area contributed by atoms with E-state index in [1.54, 1.807) is 6.20 Å². The molecule has 1 aromatic carbocycles. The molecule has 1 saturated carbocycles. The lowest BCUT2D eigenvalue weighted by Crippen LogP contribution is -2.31. The average Bonchev–Trinajstić information content (AvgIpc) is 3.25. The van der Waals surface area contributed by atoms with Crippen LogP contribution < -0.4 is 5.32 Å². The highest BCUT2D eigenvalue weighted by molar-refractivity contribution is 6.31. The molecule has 2 aromatic heterocycles. The van der Waals surface area contributed by atoms with Gasteiger partial charge in [0, 0.05) is 29.9 Å². The maximum atomic E-state index is 13.2. The number of benzene rings is 1. The second-order valence-electron chi connectivity index (χ2n) is 7.69. The molecule has 0 spiro atoms. The summed E-state index contributed by atoms with van der Waals surface area (Å²) in [5.41, 5.74) is 2.11. The third kappa shape index (κ3) is 4.67. The van der Waals surface area contributed by atoms with Crippen LogP contribution in [0.25, 0.3) is 11.5 Å². The number of aryl methyl sites for hydroxylation is 1. The molecule has 1 N–H and O–H groups in total. The molecule has 0 saturated heterocycles. The van der Waals surface area contributed by atoms with Gasteiger partial charge < -0.3 is 9.73 Å². The zero-order valence-corrected chi connectivity index (χ0v) is 17.3. The summed E-state index contributed by atoms with van der Waals surface area (Å²) in [5.74, 6) is 0.984. The Kier molecular flexibility index (Phi) is 6.08. The Morgan fingerprint density at radius 2 is 2.00 bits per heavy atom. The van der Waals surface area contributed by atoms with E-state index in [-0.39, 0.29) is 16.8 Å². The monoisotopic (exact) mass is 428 g/mol. The van der Waals surface area contributed by atoms with Gasteiger partial charge >= 0.3 is 0 Å². The molecular formula is C22H22ClFN4O2. The molecule has 1 aliphatic rings. The van der Waals surface area contributed by atoms with Crippen molar-refractivity contribution in [2.45, 2.75) is 38.5 Å². The first-order valence-electron chi connectivity index (χ1n) is 9.99. The number of amides is 1. The van der Waals surface area contributed by atoms with Gasteiger partial charge in [0.05, 0.1) is 10.6 Å². The van der Waals surface area contributed by atoms with Crippen molar-refractivity contribution in [3.63, 3.8) is 0 Å². The van der Waals surface area contributed by atoms with Gasteiger partial charge in [-0.1, -0.05) is 11.6 Å². The Labute approximate surface area is 178 Å². The molecule has 0 unspecified atom stereocenters. The number of aromatic nitrogens is 3. The smallest absolute Gasteiger partial charge is 0.251 e. The Balaban J connectivity index is 1.28. The molecule has 1 fully saturated rings. The summed E-state index contributed by atoms with van der Waals surface area (Å²) in [6.45, 7) is 2.50. The number of hydrogen-bond donors (Lipinski definition) is 1. The first-order valence-corrected chi connectivity index (χ1v) is 10.4. The molecule has 0 radical (unpaired) electrons. The molecule has 2 heterocycles. The predicted octanol–water partition coefficient (Wildman–Crippen LogP) is 4.94. The molecule has 6 nitrogen and oxygen atoms in total. The molecular weight excluding hydrogens is 407 g/mol. The largest absolute Gasteiger partial charge is 0.420 e. The summed E-state index contributed by atoms with van der Waals surface area (Å²) >= 11 is 5.75.